The van der Waals surface area contributed by atoms with Crippen molar-refractivity contribution < 1.29 is 19.4 Å². The molecule has 2 N–H and O–H groups in total. The second kappa shape index (κ2) is 6.71. The first kappa shape index (κ1) is 16.6. The molecule has 0 spiro atoms. The van der Waals surface area contributed by atoms with Gasteiger partial charge in [-0.15, -0.1) is 0 Å². The Hall–Kier alpha value is -2.24. The molecule has 6 nitrogen and oxygen atoms in total. The quantitative estimate of drug-likeness (QED) is 0.867. The number of likely N-dealkylation sites (tertiary alicyclic amines) is 1. The van der Waals surface area contributed by atoms with Crippen molar-refractivity contribution in [1.82, 2.24) is 10.2 Å². The Bertz CT molecular complexity index is 619. The number of methoxy groups -OCH3 is 1. The third kappa shape index (κ3) is 3.32. The van der Waals surface area contributed by atoms with Crippen LogP contribution < -0.4 is 10.1 Å². The second-order valence-electron chi connectivity index (χ2n) is 6.74. The molecule has 0 atom stereocenters. The molecule has 1 aromatic carbocycles. The minimum atomic E-state index is -0.761. The third-order valence-electron chi connectivity index (χ3n) is 5.24. The molecule has 0 aromatic heterocycles. The van der Waals surface area contributed by atoms with Gasteiger partial charge < -0.3 is 20.1 Å². The van der Waals surface area contributed by atoms with Gasteiger partial charge in [0.2, 0.25) is 0 Å². The number of hydrogen-bond donors (Lipinski definition) is 2. The highest BCUT2D eigenvalue weighted by atomic mass is 16.5. The van der Waals surface area contributed by atoms with E-state index in [1.807, 2.05) is 18.2 Å². The fourth-order valence-electron chi connectivity index (χ4n) is 3.46. The molecule has 1 saturated heterocycles. The van der Waals surface area contributed by atoms with Crippen LogP contribution in [0.15, 0.2) is 24.3 Å². The summed E-state index contributed by atoms with van der Waals surface area (Å²) < 4.78 is 5.45. The van der Waals surface area contributed by atoms with Crippen molar-refractivity contribution in [3.63, 3.8) is 0 Å². The van der Waals surface area contributed by atoms with Crippen LogP contribution in [-0.4, -0.2) is 48.8 Å². The van der Waals surface area contributed by atoms with Crippen LogP contribution in [0.25, 0.3) is 0 Å². The molecule has 2 aliphatic rings. The number of rotatable bonds is 5. The third-order valence-corrected chi connectivity index (χ3v) is 5.24. The van der Waals surface area contributed by atoms with Gasteiger partial charge in [-0.2, -0.15) is 0 Å². The minimum absolute atomic E-state index is 0.0261. The Morgan fingerprint density at radius 3 is 2.54 bits per heavy atom. The van der Waals surface area contributed by atoms with Gasteiger partial charge in [-0.25, -0.2) is 4.79 Å². The van der Waals surface area contributed by atoms with Crippen LogP contribution in [0.3, 0.4) is 0 Å². The first-order valence-corrected chi connectivity index (χ1v) is 8.45. The minimum Gasteiger partial charge on any atom is -0.496 e. The average Bonchev–Trinajstić information content (AvgIpc) is 3.41. The van der Waals surface area contributed by atoms with Crippen LogP contribution in [0.2, 0.25) is 0 Å². The van der Waals surface area contributed by atoms with Gasteiger partial charge in [0.15, 0.2) is 0 Å². The van der Waals surface area contributed by atoms with E-state index in [4.69, 9.17) is 9.84 Å². The highest BCUT2D eigenvalue weighted by molar-refractivity contribution is 5.75. The van der Waals surface area contributed by atoms with Crippen LogP contribution in [0.5, 0.6) is 5.75 Å². The normalized spacial score (nSPS) is 19.6. The van der Waals surface area contributed by atoms with Crippen molar-refractivity contribution in [2.45, 2.75) is 31.1 Å². The molecule has 130 valence electrons. The van der Waals surface area contributed by atoms with E-state index >= 15 is 0 Å². The van der Waals surface area contributed by atoms with Crippen molar-refractivity contribution in [2.24, 2.45) is 5.92 Å². The Morgan fingerprint density at radius 2 is 1.96 bits per heavy atom. The molecule has 2 fully saturated rings. The molecule has 24 heavy (non-hydrogen) atoms. The van der Waals surface area contributed by atoms with Gasteiger partial charge in [-0.3, -0.25) is 4.79 Å². The summed E-state index contributed by atoms with van der Waals surface area (Å²) in [7, 11) is 1.67. The predicted molar refractivity (Wildman–Crippen MR) is 89.2 cm³/mol. The number of urea groups is 1. The molecule has 6 heteroatoms. The number of hydrogen-bond acceptors (Lipinski definition) is 3. The molecule has 0 bridgehead atoms. The number of ether oxygens (including phenoxy) is 1. The average molecular weight is 332 g/mol. The Morgan fingerprint density at radius 1 is 1.29 bits per heavy atom. The molecular formula is C18H24N2O4. The van der Waals surface area contributed by atoms with E-state index in [2.05, 4.69) is 11.4 Å². The maximum absolute atomic E-state index is 12.4. The standard InChI is InChI=1S/C18H24N2O4/c1-24-15-5-3-2-4-14(15)18(8-9-18)12-19-17(23)20-10-6-13(7-11-20)16(21)22/h2-5,13H,6-12H2,1H3,(H,19,23)(H,21,22). The van der Waals surface area contributed by atoms with Crippen LogP contribution in [0.1, 0.15) is 31.2 Å². The van der Waals surface area contributed by atoms with Crippen molar-refractivity contribution >= 4 is 12.0 Å². The van der Waals surface area contributed by atoms with Gasteiger partial charge in [0, 0.05) is 30.6 Å². The lowest BCUT2D eigenvalue weighted by Gasteiger charge is -2.31. The number of carbonyl (C=O) groups is 2. The zero-order valence-corrected chi connectivity index (χ0v) is 14.0. The maximum atomic E-state index is 12.4. The Labute approximate surface area is 141 Å². The van der Waals surface area contributed by atoms with Gasteiger partial charge in [0.25, 0.3) is 0 Å². The number of nitrogens with one attached hydrogen (secondary N) is 1. The van der Waals surface area contributed by atoms with E-state index in [1.54, 1.807) is 12.0 Å². The van der Waals surface area contributed by atoms with Crippen molar-refractivity contribution in [1.29, 1.82) is 0 Å². The molecule has 3 rings (SSSR count). The molecule has 0 radical (unpaired) electrons. The lowest BCUT2D eigenvalue weighted by Crippen LogP contribution is -2.47. The smallest absolute Gasteiger partial charge is 0.317 e. The molecule has 1 heterocycles. The SMILES string of the molecule is COc1ccccc1C1(CNC(=O)N2CCC(C(=O)O)CC2)CC1. The highest BCUT2D eigenvalue weighted by Crippen LogP contribution is 2.50. The zero-order valence-electron chi connectivity index (χ0n) is 14.0. The second-order valence-corrected chi connectivity index (χ2v) is 6.74. The van der Waals surface area contributed by atoms with Gasteiger partial charge in [-0.1, -0.05) is 18.2 Å². The monoisotopic (exact) mass is 332 g/mol. The van der Waals surface area contributed by atoms with E-state index in [9.17, 15) is 9.59 Å². The van der Waals surface area contributed by atoms with Gasteiger partial charge in [0.1, 0.15) is 5.75 Å². The van der Waals surface area contributed by atoms with E-state index < -0.39 is 5.97 Å². The first-order chi connectivity index (χ1) is 11.6. The van der Waals surface area contributed by atoms with Crippen LogP contribution in [0, 0.1) is 5.92 Å². The number of aliphatic carboxylic acids is 1. The summed E-state index contributed by atoms with van der Waals surface area (Å²) >= 11 is 0. The lowest BCUT2D eigenvalue weighted by molar-refractivity contribution is -0.143. The summed E-state index contributed by atoms with van der Waals surface area (Å²) in [6.45, 7) is 1.60. The summed E-state index contributed by atoms with van der Waals surface area (Å²) in [5, 5.41) is 12.1. The first-order valence-electron chi connectivity index (χ1n) is 8.45. The number of benzene rings is 1. The topological polar surface area (TPSA) is 78.9 Å². The van der Waals surface area contributed by atoms with Crippen molar-refractivity contribution in [2.75, 3.05) is 26.7 Å². The molecule has 1 aliphatic heterocycles. The number of para-hydroxylation sites is 1. The van der Waals surface area contributed by atoms with Gasteiger partial charge >= 0.3 is 12.0 Å². The van der Waals surface area contributed by atoms with Crippen LogP contribution in [-0.2, 0) is 10.2 Å². The number of carboxylic acids is 1. The summed E-state index contributed by atoms with van der Waals surface area (Å²) in [4.78, 5) is 25.1. The van der Waals surface area contributed by atoms with E-state index in [0.29, 0.717) is 32.5 Å². The summed E-state index contributed by atoms with van der Waals surface area (Å²) in [5.74, 6) is -0.216. The lowest BCUT2D eigenvalue weighted by atomic mass is 9.95. The largest absolute Gasteiger partial charge is 0.496 e. The number of nitrogens with zero attached hydrogens (tertiary/aromatic N) is 1. The van der Waals surface area contributed by atoms with E-state index in [-0.39, 0.29) is 17.4 Å². The fraction of sp³-hybridized carbons (Fsp3) is 0.556. The van der Waals surface area contributed by atoms with Crippen molar-refractivity contribution in [3.8, 4) is 5.75 Å². The zero-order chi connectivity index (χ0) is 17.2. The summed E-state index contributed by atoms with van der Waals surface area (Å²) in [6, 6.07) is 7.87. The molecule has 1 aromatic rings. The Balaban J connectivity index is 1.56. The van der Waals surface area contributed by atoms with Gasteiger partial charge in [0.05, 0.1) is 13.0 Å². The van der Waals surface area contributed by atoms with E-state index in [1.165, 1.54) is 0 Å². The molecular weight excluding hydrogens is 308 g/mol. The molecule has 0 unspecified atom stereocenters. The molecule has 1 aliphatic carbocycles. The van der Waals surface area contributed by atoms with Crippen molar-refractivity contribution in [3.05, 3.63) is 29.8 Å². The van der Waals surface area contributed by atoms with Gasteiger partial charge in [-0.05, 0) is 31.7 Å². The molecule has 2 amide bonds. The Kier molecular flexibility index (Phi) is 4.64. The summed E-state index contributed by atoms with van der Waals surface area (Å²) in [5.41, 5.74) is 1.12. The fourth-order valence-corrected chi connectivity index (χ4v) is 3.46. The predicted octanol–water partition coefficient (Wildman–Crippen LogP) is 2.23. The van der Waals surface area contributed by atoms with E-state index in [0.717, 1.165) is 24.2 Å². The number of amides is 2. The van der Waals surface area contributed by atoms with Crippen LogP contribution >= 0.6 is 0 Å². The number of piperidine rings is 1. The molecule has 1 saturated carbocycles. The number of carboxylic acid groups (broad SMARTS) is 1. The number of carbonyl (C=O) groups excluding carboxylic acids is 1. The summed E-state index contributed by atoms with van der Waals surface area (Å²) in [6.07, 6.45) is 3.13. The van der Waals surface area contributed by atoms with Crippen LogP contribution in [0.4, 0.5) is 4.79 Å². The maximum Gasteiger partial charge on any atom is 0.317 e. The highest BCUT2D eigenvalue weighted by Gasteiger charge is 2.46.